The third-order valence-electron chi connectivity index (χ3n) is 4.12. The molecule has 1 saturated heterocycles. The summed E-state index contributed by atoms with van der Waals surface area (Å²) in [6.07, 6.45) is 4.08. The molecule has 1 aliphatic rings. The van der Waals surface area contributed by atoms with Crippen molar-refractivity contribution in [3.05, 3.63) is 24.3 Å². The first-order valence-electron chi connectivity index (χ1n) is 8.38. The predicted octanol–water partition coefficient (Wildman–Crippen LogP) is 3.61. The van der Waals surface area contributed by atoms with E-state index in [1.165, 1.54) is 24.9 Å². The largest absolute Gasteiger partial charge is 0.481 e. The van der Waals surface area contributed by atoms with Gasteiger partial charge in [-0.3, -0.25) is 4.79 Å². The summed E-state index contributed by atoms with van der Waals surface area (Å²) >= 11 is 0. The molecular formula is C18H28N2O2. The molecule has 1 aromatic rings. The minimum Gasteiger partial charge on any atom is -0.481 e. The Morgan fingerprint density at radius 3 is 2.36 bits per heavy atom. The van der Waals surface area contributed by atoms with Crippen molar-refractivity contribution in [1.29, 1.82) is 0 Å². The third-order valence-corrected chi connectivity index (χ3v) is 4.12. The van der Waals surface area contributed by atoms with Gasteiger partial charge in [0, 0.05) is 37.6 Å². The average molecular weight is 304 g/mol. The van der Waals surface area contributed by atoms with Crippen LogP contribution in [0.3, 0.4) is 0 Å². The highest BCUT2D eigenvalue weighted by Crippen LogP contribution is 2.24. The average Bonchev–Trinajstić information content (AvgIpc) is 2.52. The molecule has 0 bridgehead atoms. The Labute approximate surface area is 133 Å². The second-order valence-corrected chi connectivity index (χ2v) is 6.55. The van der Waals surface area contributed by atoms with Gasteiger partial charge in [-0.2, -0.15) is 0 Å². The van der Waals surface area contributed by atoms with Gasteiger partial charge in [0.25, 0.3) is 0 Å². The SMILES string of the molecule is CC(C)CN(CCC(=O)O)c1ccc(N2CCCCC2)cc1. The number of carboxylic acid groups (broad SMARTS) is 1. The lowest BCUT2D eigenvalue weighted by Crippen LogP contribution is -2.31. The van der Waals surface area contributed by atoms with Gasteiger partial charge in [-0.15, -0.1) is 0 Å². The molecule has 1 aliphatic heterocycles. The molecule has 22 heavy (non-hydrogen) atoms. The first kappa shape index (κ1) is 16.7. The lowest BCUT2D eigenvalue weighted by Gasteiger charge is -2.30. The molecule has 1 N–H and O–H groups in total. The van der Waals surface area contributed by atoms with Crippen LogP contribution in [-0.2, 0) is 4.79 Å². The van der Waals surface area contributed by atoms with Gasteiger partial charge in [0.15, 0.2) is 0 Å². The van der Waals surface area contributed by atoms with E-state index in [9.17, 15) is 4.79 Å². The van der Waals surface area contributed by atoms with Gasteiger partial charge in [0.2, 0.25) is 0 Å². The Hall–Kier alpha value is -1.71. The lowest BCUT2D eigenvalue weighted by molar-refractivity contribution is -0.136. The highest BCUT2D eigenvalue weighted by molar-refractivity contribution is 5.68. The zero-order valence-electron chi connectivity index (χ0n) is 13.8. The van der Waals surface area contributed by atoms with E-state index in [-0.39, 0.29) is 6.42 Å². The number of nitrogens with zero attached hydrogens (tertiary/aromatic N) is 2. The Bertz CT molecular complexity index is 464. The summed E-state index contributed by atoms with van der Waals surface area (Å²) in [6, 6.07) is 8.62. The molecule has 0 unspecified atom stereocenters. The van der Waals surface area contributed by atoms with Crippen molar-refractivity contribution in [1.82, 2.24) is 0 Å². The number of aliphatic carboxylic acids is 1. The fourth-order valence-corrected chi connectivity index (χ4v) is 3.02. The Morgan fingerprint density at radius 2 is 1.82 bits per heavy atom. The third kappa shape index (κ3) is 4.93. The van der Waals surface area contributed by atoms with E-state index >= 15 is 0 Å². The standard InChI is InChI=1S/C18H28N2O2/c1-15(2)14-20(13-10-18(21)22)17-8-6-16(7-9-17)19-11-4-3-5-12-19/h6-9,15H,3-5,10-14H2,1-2H3,(H,21,22). The van der Waals surface area contributed by atoms with E-state index in [0.717, 1.165) is 25.3 Å². The van der Waals surface area contributed by atoms with Gasteiger partial charge in [0.05, 0.1) is 6.42 Å². The van der Waals surface area contributed by atoms with Crippen LogP contribution < -0.4 is 9.80 Å². The summed E-state index contributed by atoms with van der Waals surface area (Å²) in [4.78, 5) is 15.5. The fourth-order valence-electron chi connectivity index (χ4n) is 3.02. The van der Waals surface area contributed by atoms with Crippen molar-refractivity contribution < 1.29 is 9.90 Å². The number of hydrogen-bond acceptors (Lipinski definition) is 3. The predicted molar refractivity (Wildman–Crippen MR) is 91.8 cm³/mol. The van der Waals surface area contributed by atoms with Crippen molar-refractivity contribution in [3.8, 4) is 0 Å². The van der Waals surface area contributed by atoms with E-state index in [0.29, 0.717) is 12.5 Å². The maximum atomic E-state index is 10.8. The van der Waals surface area contributed by atoms with Gasteiger partial charge in [-0.25, -0.2) is 0 Å². The van der Waals surface area contributed by atoms with E-state index in [1.54, 1.807) is 0 Å². The second kappa shape index (κ2) is 8.06. The van der Waals surface area contributed by atoms with Crippen LogP contribution >= 0.6 is 0 Å². The zero-order valence-corrected chi connectivity index (χ0v) is 13.8. The fraction of sp³-hybridized carbons (Fsp3) is 0.611. The van der Waals surface area contributed by atoms with E-state index < -0.39 is 5.97 Å². The van der Waals surface area contributed by atoms with Crippen molar-refractivity contribution >= 4 is 17.3 Å². The van der Waals surface area contributed by atoms with E-state index in [2.05, 4.69) is 47.9 Å². The summed E-state index contributed by atoms with van der Waals surface area (Å²) < 4.78 is 0. The van der Waals surface area contributed by atoms with E-state index in [1.807, 2.05) is 0 Å². The van der Waals surface area contributed by atoms with Crippen LogP contribution in [0.2, 0.25) is 0 Å². The molecule has 0 spiro atoms. The maximum absolute atomic E-state index is 10.8. The number of rotatable bonds is 7. The summed E-state index contributed by atoms with van der Waals surface area (Å²) in [7, 11) is 0. The number of carboxylic acids is 1. The van der Waals surface area contributed by atoms with Crippen molar-refractivity contribution in [2.45, 2.75) is 39.5 Å². The molecule has 0 aromatic heterocycles. The van der Waals surface area contributed by atoms with Crippen molar-refractivity contribution in [3.63, 3.8) is 0 Å². The first-order valence-corrected chi connectivity index (χ1v) is 8.38. The highest BCUT2D eigenvalue weighted by atomic mass is 16.4. The number of carbonyl (C=O) groups is 1. The zero-order chi connectivity index (χ0) is 15.9. The Morgan fingerprint density at radius 1 is 1.18 bits per heavy atom. The van der Waals surface area contributed by atoms with Crippen molar-refractivity contribution in [2.24, 2.45) is 5.92 Å². The van der Waals surface area contributed by atoms with Crippen LogP contribution in [0.25, 0.3) is 0 Å². The Kier molecular flexibility index (Phi) is 6.10. The monoisotopic (exact) mass is 304 g/mol. The summed E-state index contributed by atoms with van der Waals surface area (Å²) in [5.74, 6) is -0.228. The van der Waals surface area contributed by atoms with Crippen molar-refractivity contribution in [2.75, 3.05) is 36.0 Å². The van der Waals surface area contributed by atoms with Gasteiger partial charge in [0.1, 0.15) is 0 Å². The minimum absolute atomic E-state index is 0.181. The maximum Gasteiger partial charge on any atom is 0.305 e. The molecule has 1 heterocycles. The van der Waals surface area contributed by atoms with Gasteiger partial charge < -0.3 is 14.9 Å². The molecule has 122 valence electrons. The molecule has 1 fully saturated rings. The molecular weight excluding hydrogens is 276 g/mol. The molecule has 4 nitrogen and oxygen atoms in total. The molecule has 0 aliphatic carbocycles. The molecule has 0 amide bonds. The van der Waals surface area contributed by atoms with Crippen LogP contribution in [0, 0.1) is 5.92 Å². The smallest absolute Gasteiger partial charge is 0.305 e. The molecule has 0 radical (unpaired) electrons. The Balaban J connectivity index is 2.04. The molecule has 0 atom stereocenters. The number of benzene rings is 1. The number of piperidine rings is 1. The topological polar surface area (TPSA) is 43.8 Å². The minimum atomic E-state index is -0.737. The number of anilines is 2. The molecule has 0 saturated carbocycles. The summed E-state index contributed by atoms with van der Waals surface area (Å²) in [5, 5.41) is 8.92. The van der Waals surface area contributed by atoms with Crippen LogP contribution in [-0.4, -0.2) is 37.3 Å². The molecule has 1 aromatic carbocycles. The highest BCUT2D eigenvalue weighted by Gasteiger charge is 2.13. The summed E-state index contributed by atoms with van der Waals surface area (Å²) in [5.41, 5.74) is 2.40. The molecule has 4 heteroatoms. The number of hydrogen-bond donors (Lipinski definition) is 1. The molecule has 2 rings (SSSR count). The first-order chi connectivity index (χ1) is 10.6. The van der Waals surface area contributed by atoms with Gasteiger partial charge >= 0.3 is 5.97 Å². The van der Waals surface area contributed by atoms with Crippen LogP contribution in [0.1, 0.15) is 39.5 Å². The summed E-state index contributed by atoms with van der Waals surface area (Å²) in [6.45, 7) is 8.07. The van der Waals surface area contributed by atoms with Crippen LogP contribution in [0.4, 0.5) is 11.4 Å². The van der Waals surface area contributed by atoms with Gasteiger partial charge in [-0.1, -0.05) is 13.8 Å². The van der Waals surface area contributed by atoms with Gasteiger partial charge in [-0.05, 0) is 49.4 Å². The van der Waals surface area contributed by atoms with Crippen LogP contribution in [0.15, 0.2) is 24.3 Å². The lowest BCUT2D eigenvalue weighted by atomic mass is 10.1. The van der Waals surface area contributed by atoms with E-state index in [4.69, 9.17) is 5.11 Å². The second-order valence-electron chi connectivity index (χ2n) is 6.55. The van der Waals surface area contributed by atoms with Crippen LogP contribution in [0.5, 0.6) is 0 Å². The quantitative estimate of drug-likeness (QED) is 0.835. The normalized spacial score (nSPS) is 15.1.